The third-order valence-corrected chi connectivity index (χ3v) is 4.00. The van der Waals surface area contributed by atoms with E-state index in [9.17, 15) is 4.79 Å². The number of nitrogens with zero attached hydrogens (tertiary/aromatic N) is 1. The second kappa shape index (κ2) is 5.06. The molecule has 0 aliphatic carbocycles. The van der Waals surface area contributed by atoms with Crippen LogP contribution in [0.15, 0.2) is 42.5 Å². The van der Waals surface area contributed by atoms with Crippen LogP contribution in [0.5, 0.6) is 0 Å². The number of rotatable bonds is 2. The van der Waals surface area contributed by atoms with Gasteiger partial charge in [-0.15, -0.1) is 0 Å². The zero-order valence-electron chi connectivity index (χ0n) is 11.3. The van der Waals surface area contributed by atoms with Gasteiger partial charge in [0, 0.05) is 5.56 Å². The van der Waals surface area contributed by atoms with Crippen molar-refractivity contribution in [1.29, 1.82) is 0 Å². The largest absolute Gasteiger partial charge is 0.298 e. The molecule has 2 aromatic carbocycles. The summed E-state index contributed by atoms with van der Waals surface area (Å²) in [6.07, 6.45) is 0. The number of benzene rings is 2. The summed E-state index contributed by atoms with van der Waals surface area (Å²) in [7, 11) is 0. The molecule has 20 heavy (non-hydrogen) atoms. The van der Waals surface area contributed by atoms with Crippen LogP contribution in [0.2, 0.25) is 0 Å². The summed E-state index contributed by atoms with van der Waals surface area (Å²) >= 11 is 1.51. The van der Waals surface area contributed by atoms with E-state index in [4.69, 9.17) is 0 Å². The Morgan fingerprint density at radius 2 is 1.90 bits per heavy atom. The van der Waals surface area contributed by atoms with Crippen LogP contribution in [-0.4, -0.2) is 10.9 Å². The number of thiazole rings is 1. The molecule has 100 valence electrons. The first-order valence-corrected chi connectivity index (χ1v) is 7.19. The summed E-state index contributed by atoms with van der Waals surface area (Å²) in [6, 6.07) is 13.4. The van der Waals surface area contributed by atoms with Crippen LogP contribution in [-0.2, 0) is 0 Å². The predicted molar refractivity (Wildman–Crippen MR) is 83.5 cm³/mol. The van der Waals surface area contributed by atoms with Crippen molar-refractivity contribution in [2.45, 2.75) is 13.8 Å². The second-order valence-corrected chi connectivity index (χ2v) is 5.80. The van der Waals surface area contributed by atoms with Gasteiger partial charge in [-0.2, -0.15) is 0 Å². The molecule has 1 N–H and O–H groups in total. The average Bonchev–Trinajstić information content (AvgIpc) is 2.82. The third-order valence-electron chi connectivity index (χ3n) is 3.09. The fourth-order valence-electron chi connectivity index (χ4n) is 2.18. The molecular formula is C16H14N2OS. The lowest BCUT2D eigenvalue weighted by molar-refractivity contribution is 0.102. The number of aryl methyl sites for hydroxylation is 2. The summed E-state index contributed by atoms with van der Waals surface area (Å²) in [5, 5.41) is 3.50. The van der Waals surface area contributed by atoms with Crippen LogP contribution in [0, 0.1) is 13.8 Å². The zero-order valence-corrected chi connectivity index (χ0v) is 12.1. The number of anilines is 1. The SMILES string of the molecule is Cc1cc(C)c2nc(NC(=O)c3ccccc3)sc2c1. The predicted octanol–water partition coefficient (Wildman–Crippen LogP) is 4.17. The molecule has 0 aliphatic heterocycles. The highest BCUT2D eigenvalue weighted by Crippen LogP contribution is 2.29. The molecule has 0 saturated carbocycles. The molecule has 3 aromatic rings. The Bertz CT molecular complexity index is 778. The van der Waals surface area contributed by atoms with Crippen molar-refractivity contribution in [2.24, 2.45) is 0 Å². The number of carbonyl (C=O) groups excluding carboxylic acids is 1. The normalized spacial score (nSPS) is 10.7. The van der Waals surface area contributed by atoms with Crippen molar-refractivity contribution >= 4 is 32.6 Å². The lowest BCUT2D eigenvalue weighted by atomic mass is 10.1. The molecule has 0 saturated heterocycles. The molecule has 1 heterocycles. The highest BCUT2D eigenvalue weighted by molar-refractivity contribution is 7.22. The van der Waals surface area contributed by atoms with Crippen LogP contribution < -0.4 is 5.32 Å². The Morgan fingerprint density at radius 1 is 1.15 bits per heavy atom. The number of amides is 1. The minimum absolute atomic E-state index is 0.126. The van der Waals surface area contributed by atoms with Crippen molar-refractivity contribution in [3.63, 3.8) is 0 Å². The molecule has 1 aromatic heterocycles. The van der Waals surface area contributed by atoms with Gasteiger partial charge in [-0.1, -0.05) is 35.6 Å². The van der Waals surface area contributed by atoms with E-state index in [2.05, 4.69) is 29.4 Å². The Morgan fingerprint density at radius 3 is 2.65 bits per heavy atom. The first-order valence-electron chi connectivity index (χ1n) is 6.37. The highest BCUT2D eigenvalue weighted by Gasteiger charge is 2.10. The van der Waals surface area contributed by atoms with Crippen molar-refractivity contribution in [3.8, 4) is 0 Å². The quantitative estimate of drug-likeness (QED) is 0.766. The van der Waals surface area contributed by atoms with Gasteiger partial charge in [0.25, 0.3) is 5.91 Å². The van der Waals surface area contributed by atoms with Gasteiger partial charge in [0.15, 0.2) is 5.13 Å². The Kier molecular flexibility index (Phi) is 3.24. The monoisotopic (exact) mass is 282 g/mol. The van der Waals surface area contributed by atoms with Crippen LogP contribution in [0.25, 0.3) is 10.2 Å². The van der Waals surface area contributed by atoms with E-state index in [1.165, 1.54) is 16.9 Å². The van der Waals surface area contributed by atoms with E-state index in [1.807, 2.05) is 25.1 Å². The van der Waals surface area contributed by atoms with Gasteiger partial charge in [-0.25, -0.2) is 4.98 Å². The maximum Gasteiger partial charge on any atom is 0.257 e. The minimum Gasteiger partial charge on any atom is -0.298 e. The fraction of sp³-hybridized carbons (Fsp3) is 0.125. The molecule has 3 nitrogen and oxygen atoms in total. The summed E-state index contributed by atoms with van der Waals surface area (Å²) in [5.41, 5.74) is 3.94. The minimum atomic E-state index is -0.126. The number of hydrogen-bond acceptors (Lipinski definition) is 3. The van der Waals surface area contributed by atoms with Gasteiger partial charge in [-0.05, 0) is 43.2 Å². The fourth-order valence-corrected chi connectivity index (χ4v) is 3.22. The van der Waals surface area contributed by atoms with Gasteiger partial charge in [0.05, 0.1) is 10.2 Å². The number of fused-ring (bicyclic) bond motifs is 1. The third kappa shape index (κ3) is 2.42. The van der Waals surface area contributed by atoms with E-state index in [-0.39, 0.29) is 5.91 Å². The van der Waals surface area contributed by atoms with Crippen molar-refractivity contribution in [1.82, 2.24) is 4.98 Å². The summed E-state index contributed by atoms with van der Waals surface area (Å²) in [6.45, 7) is 4.10. The number of carbonyl (C=O) groups is 1. The average molecular weight is 282 g/mol. The maximum atomic E-state index is 12.1. The molecule has 0 aliphatic rings. The van der Waals surface area contributed by atoms with E-state index in [1.54, 1.807) is 12.1 Å². The molecule has 4 heteroatoms. The van der Waals surface area contributed by atoms with Crippen molar-refractivity contribution in [2.75, 3.05) is 5.32 Å². The first-order chi connectivity index (χ1) is 9.63. The lowest BCUT2D eigenvalue weighted by Gasteiger charge is -2.00. The lowest BCUT2D eigenvalue weighted by Crippen LogP contribution is -2.11. The van der Waals surface area contributed by atoms with Crippen molar-refractivity contribution in [3.05, 3.63) is 59.2 Å². The molecule has 0 spiro atoms. The summed E-state index contributed by atoms with van der Waals surface area (Å²) in [4.78, 5) is 16.6. The van der Waals surface area contributed by atoms with Crippen molar-refractivity contribution < 1.29 is 4.79 Å². The summed E-state index contributed by atoms with van der Waals surface area (Å²) in [5.74, 6) is -0.126. The van der Waals surface area contributed by atoms with Crippen LogP contribution >= 0.6 is 11.3 Å². The second-order valence-electron chi connectivity index (χ2n) is 4.77. The highest BCUT2D eigenvalue weighted by atomic mass is 32.1. The topological polar surface area (TPSA) is 42.0 Å². The number of hydrogen-bond donors (Lipinski definition) is 1. The molecule has 1 amide bonds. The van der Waals surface area contributed by atoms with Gasteiger partial charge < -0.3 is 0 Å². The Balaban J connectivity index is 1.92. The number of nitrogens with one attached hydrogen (secondary N) is 1. The van der Waals surface area contributed by atoms with Gasteiger partial charge in [0.2, 0.25) is 0 Å². The molecular weight excluding hydrogens is 268 g/mol. The van der Waals surface area contributed by atoms with E-state index >= 15 is 0 Å². The van der Waals surface area contributed by atoms with E-state index < -0.39 is 0 Å². The molecule has 0 bridgehead atoms. The molecule has 3 rings (SSSR count). The smallest absolute Gasteiger partial charge is 0.257 e. The molecule has 0 unspecified atom stereocenters. The van der Waals surface area contributed by atoms with Crippen LogP contribution in [0.1, 0.15) is 21.5 Å². The molecule has 0 radical (unpaired) electrons. The van der Waals surface area contributed by atoms with Crippen LogP contribution in [0.4, 0.5) is 5.13 Å². The standard InChI is InChI=1S/C16H14N2OS/c1-10-8-11(2)14-13(9-10)20-16(17-14)18-15(19)12-6-4-3-5-7-12/h3-9H,1-2H3,(H,17,18,19). The van der Waals surface area contributed by atoms with Gasteiger partial charge in [0.1, 0.15) is 0 Å². The van der Waals surface area contributed by atoms with E-state index in [0.29, 0.717) is 10.7 Å². The summed E-state index contributed by atoms with van der Waals surface area (Å²) < 4.78 is 1.10. The Labute approximate surface area is 121 Å². The Hall–Kier alpha value is -2.20. The maximum absolute atomic E-state index is 12.1. The zero-order chi connectivity index (χ0) is 14.1. The molecule has 0 atom stereocenters. The van der Waals surface area contributed by atoms with Crippen LogP contribution in [0.3, 0.4) is 0 Å². The molecule has 0 fully saturated rings. The number of aromatic nitrogens is 1. The first kappa shape index (κ1) is 12.8. The van der Waals surface area contributed by atoms with Gasteiger partial charge >= 0.3 is 0 Å². The van der Waals surface area contributed by atoms with E-state index in [0.717, 1.165) is 15.8 Å². The van der Waals surface area contributed by atoms with Gasteiger partial charge in [-0.3, -0.25) is 10.1 Å².